The highest BCUT2D eigenvalue weighted by Crippen LogP contribution is 2.34. The molecule has 0 spiro atoms. The van der Waals surface area contributed by atoms with E-state index < -0.39 is 12.1 Å². The SMILES string of the molecule is Cc1ccc(C(=O)N2C[C@@H](C(=O)O)Oc3ccccc32)o1. The number of carbonyl (C=O) groups excluding carboxylic acids is 1. The molecule has 0 unspecified atom stereocenters. The predicted molar refractivity (Wildman–Crippen MR) is 73.6 cm³/mol. The highest BCUT2D eigenvalue weighted by Gasteiger charge is 2.34. The van der Waals surface area contributed by atoms with Gasteiger partial charge in [-0.05, 0) is 31.2 Å². The molecule has 0 saturated heterocycles. The summed E-state index contributed by atoms with van der Waals surface area (Å²) in [6.45, 7) is 1.68. The molecule has 1 aromatic carbocycles. The van der Waals surface area contributed by atoms with E-state index in [-0.39, 0.29) is 18.2 Å². The normalized spacial score (nSPS) is 17.0. The van der Waals surface area contributed by atoms with E-state index in [1.54, 1.807) is 43.3 Å². The second-order valence-electron chi connectivity index (χ2n) is 4.74. The first-order chi connectivity index (χ1) is 10.1. The Labute approximate surface area is 120 Å². The number of fused-ring (bicyclic) bond motifs is 1. The fraction of sp³-hybridized carbons (Fsp3) is 0.200. The number of anilines is 1. The van der Waals surface area contributed by atoms with Crippen molar-refractivity contribution >= 4 is 17.6 Å². The second-order valence-corrected chi connectivity index (χ2v) is 4.74. The van der Waals surface area contributed by atoms with Crippen LogP contribution in [0.5, 0.6) is 5.75 Å². The van der Waals surface area contributed by atoms with Crippen molar-refractivity contribution in [2.45, 2.75) is 13.0 Å². The maximum Gasteiger partial charge on any atom is 0.346 e. The Balaban J connectivity index is 2.00. The Morgan fingerprint density at radius 1 is 1.24 bits per heavy atom. The zero-order valence-electron chi connectivity index (χ0n) is 11.3. The molecule has 0 aliphatic carbocycles. The number of carboxylic acid groups (broad SMARTS) is 1. The maximum absolute atomic E-state index is 12.5. The van der Waals surface area contributed by atoms with Crippen molar-refractivity contribution in [1.29, 1.82) is 0 Å². The Bertz CT molecular complexity index is 706. The van der Waals surface area contributed by atoms with Crippen molar-refractivity contribution in [2.75, 3.05) is 11.4 Å². The van der Waals surface area contributed by atoms with Gasteiger partial charge >= 0.3 is 5.97 Å². The number of nitrogens with zero attached hydrogens (tertiary/aromatic N) is 1. The molecule has 1 aliphatic heterocycles. The molecule has 1 atom stereocenters. The number of furan rings is 1. The molecule has 108 valence electrons. The maximum atomic E-state index is 12.5. The summed E-state index contributed by atoms with van der Waals surface area (Å²) >= 11 is 0. The fourth-order valence-electron chi connectivity index (χ4n) is 2.24. The summed E-state index contributed by atoms with van der Waals surface area (Å²) in [7, 11) is 0. The Morgan fingerprint density at radius 2 is 2.00 bits per heavy atom. The lowest BCUT2D eigenvalue weighted by Crippen LogP contribution is -2.47. The summed E-state index contributed by atoms with van der Waals surface area (Å²) in [5, 5.41) is 9.15. The third kappa shape index (κ3) is 2.35. The van der Waals surface area contributed by atoms with Gasteiger partial charge in [0.2, 0.25) is 6.10 Å². The molecular weight excluding hydrogens is 274 g/mol. The zero-order valence-corrected chi connectivity index (χ0v) is 11.3. The monoisotopic (exact) mass is 287 g/mol. The molecule has 6 nitrogen and oxygen atoms in total. The van der Waals surface area contributed by atoms with E-state index >= 15 is 0 Å². The van der Waals surface area contributed by atoms with E-state index in [0.29, 0.717) is 17.2 Å². The molecule has 1 N–H and O–H groups in total. The summed E-state index contributed by atoms with van der Waals surface area (Å²) in [5.41, 5.74) is 0.536. The largest absolute Gasteiger partial charge is 0.478 e. The number of aryl methyl sites for hydroxylation is 1. The van der Waals surface area contributed by atoms with E-state index in [1.807, 2.05) is 0 Å². The van der Waals surface area contributed by atoms with Crippen LogP contribution in [0.15, 0.2) is 40.8 Å². The van der Waals surface area contributed by atoms with Crippen molar-refractivity contribution in [3.63, 3.8) is 0 Å². The third-order valence-corrected chi connectivity index (χ3v) is 3.25. The van der Waals surface area contributed by atoms with Gasteiger partial charge in [-0.2, -0.15) is 0 Å². The summed E-state index contributed by atoms with van der Waals surface area (Å²) in [5.74, 6) is -0.334. The minimum Gasteiger partial charge on any atom is -0.478 e. The average molecular weight is 287 g/mol. The Hall–Kier alpha value is -2.76. The van der Waals surface area contributed by atoms with Gasteiger partial charge in [0.05, 0.1) is 12.2 Å². The van der Waals surface area contributed by atoms with Crippen LogP contribution < -0.4 is 9.64 Å². The average Bonchev–Trinajstić information content (AvgIpc) is 2.92. The molecule has 2 aromatic rings. The van der Waals surface area contributed by atoms with Crippen LogP contribution in [0, 0.1) is 6.92 Å². The van der Waals surface area contributed by atoms with Crippen molar-refractivity contribution in [3.8, 4) is 5.75 Å². The second kappa shape index (κ2) is 4.97. The summed E-state index contributed by atoms with van der Waals surface area (Å²) in [6.07, 6.45) is -1.10. The van der Waals surface area contributed by atoms with Crippen LogP contribution in [0.2, 0.25) is 0 Å². The molecule has 1 aromatic heterocycles. The lowest BCUT2D eigenvalue weighted by molar-refractivity contribution is -0.144. The first kappa shape index (κ1) is 13.2. The number of rotatable bonds is 2. The molecule has 21 heavy (non-hydrogen) atoms. The van der Waals surface area contributed by atoms with Gasteiger partial charge in [0, 0.05) is 0 Å². The van der Waals surface area contributed by atoms with Gasteiger partial charge in [-0.3, -0.25) is 9.69 Å². The van der Waals surface area contributed by atoms with Crippen molar-refractivity contribution in [1.82, 2.24) is 0 Å². The molecular formula is C15H13NO5. The van der Waals surface area contributed by atoms with E-state index in [0.717, 1.165) is 0 Å². The van der Waals surface area contributed by atoms with Crippen LogP contribution in [-0.2, 0) is 4.79 Å². The lowest BCUT2D eigenvalue weighted by atomic mass is 10.1. The minimum atomic E-state index is -1.11. The van der Waals surface area contributed by atoms with E-state index in [9.17, 15) is 9.59 Å². The van der Waals surface area contributed by atoms with Gasteiger partial charge in [0.1, 0.15) is 11.5 Å². The van der Waals surface area contributed by atoms with E-state index in [2.05, 4.69) is 0 Å². The van der Waals surface area contributed by atoms with Crippen LogP contribution in [0.25, 0.3) is 0 Å². The van der Waals surface area contributed by atoms with Crippen LogP contribution in [0.4, 0.5) is 5.69 Å². The van der Waals surface area contributed by atoms with Gasteiger partial charge in [0.15, 0.2) is 5.76 Å². The number of para-hydroxylation sites is 2. The van der Waals surface area contributed by atoms with Crippen molar-refractivity contribution in [2.24, 2.45) is 0 Å². The minimum absolute atomic E-state index is 0.0646. The molecule has 3 rings (SSSR count). The highest BCUT2D eigenvalue weighted by molar-refractivity contribution is 6.06. The number of hydrogen-bond donors (Lipinski definition) is 1. The summed E-state index contributed by atoms with van der Waals surface area (Å²) < 4.78 is 10.7. The molecule has 0 saturated carbocycles. The van der Waals surface area contributed by atoms with Gasteiger partial charge in [-0.1, -0.05) is 12.1 Å². The molecule has 1 amide bonds. The predicted octanol–water partition coefficient (Wildman–Crippen LogP) is 2.08. The fourth-order valence-corrected chi connectivity index (χ4v) is 2.24. The molecule has 1 aliphatic rings. The van der Waals surface area contributed by atoms with Crippen molar-refractivity contribution < 1.29 is 23.8 Å². The molecule has 0 fully saturated rings. The molecule has 6 heteroatoms. The van der Waals surface area contributed by atoms with Crippen LogP contribution in [-0.4, -0.2) is 29.6 Å². The molecule has 0 bridgehead atoms. The number of aliphatic carboxylic acids is 1. The zero-order chi connectivity index (χ0) is 15.0. The van der Waals surface area contributed by atoms with Crippen LogP contribution in [0.3, 0.4) is 0 Å². The number of ether oxygens (including phenoxy) is 1. The smallest absolute Gasteiger partial charge is 0.346 e. The Kier molecular flexibility index (Phi) is 3.13. The standard InChI is InChI=1S/C15H13NO5/c1-9-6-7-12(20-9)14(17)16-8-13(15(18)19)21-11-5-3-2-4-10(11)16/h2-7,13H,8H2,1H3,(H,18,19)/t13-/m0/s1. The summed E-state index contributed by atoms with van der Waals surface area (Å²) in [4.78, 5) is 25.1. The molecule has 2 heterocycles. The Morgan fingerprint density at radius 3 is 2.67 bits per heavy atom. The first-order valence-electron chi connectivity index (χ1n) is 6.43. The van der Waals surface area contributed by atoms with E-state index in [4.69, 9.17) is 14.3 Å². The first-order valence-corrected chi connectivity index (χ1v) is 6.43. The highest BCUT2D eigenvalue weighted by atomic mass is 16.5. The van der Waals surface area contributed by atoms with Gasteiger partial charge in [-0.25, -0.2) is 4.79 Å². The molecule has 0 radical (unpaired) electrons. The van der Waals surface area contributed by atoms with Crippen LogP contribution in [0.1, 0.15) is 16.3 Å². The summed E-state index contributed by atoms with van der Waals surface area (Å²) in [6, 6.07) is 10.1. The number of hydrogen-bond acceptors (Lipinski definition) is 4. The lowest BCUT2D eigenvalue weighted by Gasteiger charge is -2.32. The quantitative estimate of drug-likeness (QED) is 0.914. The van der Waals surface area contributed by atoms with Crippen LogP contribution >= 0.6 is 0 Å². The van der Waals surface area contributed by atoms with Gasteiger partial charge in [0.25, 0.3) is 5.91 Å². The topological polar surface area (TPSA) is 80.0 Å². The van der Waals surface area contributed by atoms with Crippen molar-refractivity contribution in [3.05, 3.63) is 47.9 Å². The van der Waals surface area contributed by atoms with Gasteiger partial charge in [-0.15, -0.1) is 0 Å². The van der Waals surface area contributed by atoms with Gasteiger partial charge < -0.3 is 14.3 Å². The number of carbonyl (C=O) groups is 2. The number of carboxylic acids is 1. The number of amides is 1. The third-order valence-electron chi connectivity index (χ3n) is 3.25. The van der Waals surface area contributed by atoms with E-state index in [1.165, 1.54) is 4.90 Å². The number of benzene rings is 1.